The maximum absolute atomic E-state index is 10.9. The molecule has 0 amide bonds. The second-order valence-electron chi connectivity index (χ2n) is 7.43. The van der Waals surface area contributed by atoms with E-state index in [1.807, 2.05) is 42.6 Å². The summed E-state index contributed by atoms with van der Waals surface area (Å²) in [5.74, 6) is 0.825. The molecule has 0 bridgehead atoms. The van der Waals surface area contributed by atoms with E-state index in [9.17, 15) is 10.1 Å². The molecule has 0 aliphatic heterocycles. The van der Waals surface area contributed by atoms with Gasteiger partial charge in [-0.2, -0.15) is 5.10 Å². The predicted molar refractivity (Wildman–Crippen MR) is 126 cm³/mol. The lowest BCUT2D eigenvalue weighted by Gasteiger charge is -2.09. The number of non-ortho nitro benzene ring substituents is 1. The summed E-state index contributed by atoms with van der Waals surface area (Å²) in [6.07, 6.45) is 1.85. The molecule has 162 valence electrons. The molecule has 0 fully saturated rings. The van der Waals surface area contributed by atoms with Gasteiger partial charge in [0.2, 0.25) is 0 Å². The van der Waals surface area contributed by atoms with Gasteiger partial charge in [-0.05, 0) is 24.6 Å². The topological polar surface area (TPSA) is 81.7 Å². The molecule has 1 N–H and O–H groups in total. The number of fused-ring (bicyclic) bond motifs is 1. The Morgan fingerprint density at radius 1 is 1.06 bits per heavy atom. The van der Waals surface area contributed by atoms with Gasteiger partial charge in [0.15, 0.2) is 0 Å². The molecule has 4 rings (SSSR count). The molecule has 0 spiro atoms. The Morgan fingerprint density at radius 3 is 2.53 bits per heavy atom. The Balaban J connectivity index is 1.58. The summed E-state index contributed by atoms with van der Waals surface area (Å²) in [7, 11) is 1.66. The molecule has 7 heteroatoms. The zero-order valence-corrected chi connectivity index (χ0v) is 18.0. The number of hydrazone groups is 1. The smallest absolute Gasteiger partial charge is 0.269 e. The molecule has 0 radical (unpaired) electrons. The Hall–Kier alpha value is -4.13. The normalized spacial score (nSPS) is 11.2. The van der Waals surface area contributed by atoms with E-state index in [2.05, 4.69) is 34.2 Å². The van der Waals surface area contributed by atoms with Crippen LogP contribution in [0.15, 0.2) is 77.9 Å². The maximum Gasteiger partial charge on any atom is 0.269 e. The zero-order chi connectivity index (χ0) is 22.5. The average molecular weight is 428 g/mol. The molecule has 1 aromatic heterocycles. The van der Waals surface area contributed by atoms with E-state index in [4.69, 9.17) is 4.74 Å². The van der Waals surface area contributed by atoms with Gasteiger partial charge in [0.25, 0.3) is 5.69 Å². The Morgan fingerprint density at radius 2 is 1.78 bits per heavy atom. The minimum Gasteiger partial charge on any atom is -0.496 e. The fraction of sp³-hybridized carbons (Fsp3) is 0.160. The second-order valence-corrected chi connectivity index (χ2v) is 7.43. The van der Waals surface area contributed by atoms with Crippen molar-refractivity contribution < 1.29 is 9.66 Å². The molecule has 0 atom stereocenters. The number of methoxy groups -OCH3 is 1. The van der Waals surface area contributed by atoms with Crippen molar-refractivity contribution in [1.29, 1.82) is 0 Å². The number of ether oxygens (including phenoxy) is 1. The summed E-state index contributed by atoms with van der Waals surface area (Å²) in [6.45, 7) is 3.24. The molecule has 3 aromatic carbocycles. The van der Waals surface area contributed by atoms with E-state index in [0.717, 1.165) is 39.0 Å². The van der Waals surface area contributed by atoms with Crippen LogP contribution in [0, 0.1) is 17.0 Å². The third-order valence-corrected chi connectivity index (χ3v) is 5.51. The highest BCUT2D eigenvalue weighted by atomic mass is 16.6. The van der Waals surface area contributed by atoms with Crippen LogP contribution in [-0.2, 0) is 13.1 Å². The van der Waals surface area contributed by atoms with Crippen LogP contribution >= 0.6 is 0 Å². The van der Waals surface area contributed by atoms with Crippen LogP contribution < -0.4 is 10.2 Å². The first-order chi connectivity index (χ1) is 15.6. The summed E-state index contributed by atoms with van der Waals surface area (Å²) < 4.78 is 7.59. The van der Waals surface area contributed by atoms with Crippen molar-refractivity contribution in [2.45, 2.75) is 20.0 Å². The van der Waals surface area contributed by atoms with Crippen LogP contribution in [0.1, 0.15) is 22.4 Å². The molecule has 0 saturated heterocycles. The third-order valence-electron chi connectivity index (χ3n) is 5.51. The predicted octanol–water partition coefficient (Wildman–Crippen LogP) is 5.04. The van der Waals surface area contributed by atoms with Crippen LogP contribution in [-0.4, -0.2) is 22.8 Å². The van der Waals surface area contributed by atoms with Crippen molar-refractivity contribution in [2.75, 3.05) is 7.11 Å². The van der Waals surface area contributed by atoms with E-state index in [1.165, 1.54) is 0 Å². The van der Waals surface area contributed by atoms with Gasteiger partial charge in [0, 0.05) is 46.4 Å². The van der Waals surface area contributed by atoms with Gasteiger partial charge in [-0.1, -0.05) is 48.5 Å². The average Bonchev–Trinajstić information content (AvgIpc) is 3.08. The van der Waals surface area contributed by atoms with Gasteiger partial charge in [-0.3, -0.25) is 10.1 Å². The highest BCUT2D eigenvalue weighted by molar-refractivity contribution is 6.01. The number of nitrogens with one attached hydrogen (secondary N) is 1. The van der Waals surface area contributed by atoms with Gasteiger partial charge >= 0.3 is 0 Å². The summed E-state index contributed by atoms with van der Waals surface area (Å²) >= 11 is 0. The second kappa shape index (κ2) is 9.34. The lowest BCUT2D eigenvalue weighted by atomic mass is 10.1. The number of nitrogens with zero attached hydrogens (tertiary/aromatic N) is 3. The zero-order valence-electron chi connectivity index (χ0n) is 18.0. The molecule has 0 unspecified atom stereocenters. The van der Waals surface area contributed by atoms with Gasteiger partial charge in [0.1, 0.15) is 5.75 Å². The van der Waals surface area contributed by atoms with Crippen molar-refractivity contribution in [3.05, 3.63) is 105 Å². The standard InChI is InChI=1S/C25H24N4O3/c1-18-23(16-27-26-15-20-7-3-6-10-25(20)32-2)22-8-4-5-9-24(22)28(18)17-19-11-13-21(14-12-19)29(30)31/h3-14,16,26H,15,17H2,1-2H3/b27-16-. The molecule has 0 saturated carbocycles. The highest BCUT2D eigenvalue weighted by Crippen LogP contribution is 2.26. The van der Waals surface area contributed by atoms with Crippen LogP contribution in [0.3, 0.4) is 0 Å². The first kappa shape index (κ1) is 21.1. The van der Waals surface area contributed by atoms with E-state index in [0.29, 0.717) is 13.1 Å². The SMILES string of the molecule is COc1ccccc1CN/N=C\c1c(C)n(Cc2ccc([N+](=O)[O-])cc2)c2ccccc12. The highest BCUT2D eigenvalue weighted by Gasteiger charge is 2.13. The van der Waals surface area contributed by atoms with Crippen molar-refractivity contribution in [3.63, 3.8) is 0 Å². The summed E-state index contributed by atoms with van der Waals surface area (Å²) in [4.78, 5) is 10.5. The molecule has 4 aromatic rings. The quantitative estimate of drug-likeness (QED) is 0.242. The first-order valence-electron chi connectivity index (χ1n) is 10.3. The number of aromatic nitrogens is 1. The van der Waals surface area contributed by atoms with Crippen LogP contribution in [0.25, 0.3) is 10.9 Å². The van der Waals surface area contributed by atoms with Gasteiger partial charge in [0.05, 0.1) is 24.8 Å². The largest absolute Gasteiger partial charge is 0.496 e. The van der Waals surface area contributed by atoms with Crippen molar-refractivity contribution in [2.24, 2.45) is 5.10 Å². The van der Waals surface area contributed by atoms with Crippen LogP contribution in [0.2, 0.25) is 0 Å². The molecular weight excluding hydrogens is 404 g/mol. The molecular formula is C25H24N4O3. The fourth-order valence-corrected chi connectivity index (χ4v) is 3.82. The number of nitro groups is 1. The van der Waals surface area contributed by atoms with Gasteiger partial charge in [-0.15, -0.1) is 0 Å². The van der Waals surface area contributed by atoms with E-state index in [1.54, 1.807) is 31.4 Å². The Kier molecular flexibility index (Phi) is 6.17. The van der Waals surface area contributed by atoms with Crippen LogP contribution in [0.5, 0.6) is 5.75 Å². The fourth-order valence-electron chi connectivity index (χ4n) is 3.82. The number of hydrogen-bond acceptors (Lipinski definition) is 5. The molecule has 0 aliphatic rings. The van der Waals surface area contributed by atoms with Gasteiger partial charge in [-0.25, -0.2) is 0 Å². The minimum absolute atomic E-state index is 0.0942. The Bertz CT molecular complexity index is 1280. The number of nitro benzene ring substituents is 1. The minimum atomic E-state index is -0.382. The van der Waals surface area contributed by atoms with E-state index >= 15 is 0 Å². The summed E-state index contributed by atoms with van der Waals surface area (Å²) in [5, 5.41) is 16.5. The lowest BCUT2D eigenvalue weighted by Crippen LogP contribution is -2.07. The Labute approximate surface area is 186 Å². The molecule has 32 heavy (non-hydrogen) atoms. The van der Waals surface area contributed by atoms with E-state index < -0.39 is 0 Å². The maximum atomic E-state index is 10.9. The summed E-state index contributed by atoms with van der Waals surface area (Å²) in [6, 6.07) is 22.7. The van der Waals surface area contributed by atoms with Crippen molar-refractivity contribution in [1.82, 2.24) is 9.99 Å². The monoisotopic (exact) mass is 428 g/mol. The van der Waals surface area contributed by atoms with Crippen LogP contribution in [0.4, 0.5) is 5.69 Å². The van der Waals surface area contributed by atoms with Gasteiger partial charge < -0.3 is 14.7 Å². The number of hydrogen-bond donors (Lipinski definition) is 1. The molecule has 1 heterocycles. The van der Waals surface area contributed by atoms with Crippen molar-refractivity contribution in [3.8, 4) is 5.75 Å². The lowest BCUT2D eigenvalue weighted by molar-refractivity contribution is -0.384. The molecule has 0 aliphatic carbocycles. The third kappa shape index (κ3) is 4.32. The first-order valence-corrected chi connectivity index (χ1v) is 10.3. The number of rotatable bonds is 8. The number of para-hydroxylation sites is 2. The van der Waals surface area contributed by atoms with E-state index in [-0.39, 0.29) is 10.6 Å². The molecule has 7 nitrogen and oxygen atoms in total. The van der Waals surface area contributed by atoms with Crippen molar-refractivity contribution >= 4 is 22.8 Å². The summed E-state index contributed by atoms with van der Waals surface area (Å²) in [5.41, 5.74) is 8.44. The number of benzene rings is 3.